The fourth-order valence-electron chi connectivity index (χ4n) is 5.30. The van der Waals surface area contributed by atoms with Crippen molar-refractivity contribution >= 4 is 12.2 Å². The molecular weight excluding hydrogens is 448 g/mol. The summed E-state index contributed by atoms with van der Waals surface area (Å²) in [6.45, 7) is 3.43. The molecule has 0 radical (unpaired) electrons. The highest BCUT2D eigenvalue weighted by molar-refractivity contribution is 7.71. The maximum absolute atomic E-state index is 5.82. The molecule has 2 heterocycles. The predicted molar refractivity (Wildman–Crippen MR) is 147 cm³/mol. The minimum absolute atomic E-state index is 0.500. The number of aromatic amines is 1. The number of aromatic nitrogens is 2. The molecule has 0 aliphatic heterocycles. The van der Waals surface area contributed by atoms with E-state index in [2.05, 4.69) is 77.9 Å². The van der Waals surface area contributed by atoms with E-state index in [-0.39, 0.29) is 0 Å². The summed E-state index contributed by atoms with van der Waals surface area (Å²) in [5.74, 6) is 0.500. The Kier molecular flexibility index (Phi) is 6.91. The average molecular weight is 481 g/mol. The van der Waals surface area contributed by atoms with Gasteiger partial charge in [-0.25, -0.2) is 0 Å². The highest BCUT2D eigenvalue weighted by atomic mass is 32.1. The van der Waals surface area contributed by atoms with Crippen molar-refractivity contribution in [2.75, 3.05) is 7.05 Å². The van der Waals surface area contributed by atoms with Crippen LogP contribution in [0.4, 0.5) is 0 Å². The summed E-state index contributed by atoms with van der Waals surface area (Å²) in [5, 5.41) is 3.17. The Hall–Kier alpha value is -3.12. The summed E-state index contributed by atoms with van der Waals surface area (Å²) >= 11 is 5.58. The lowest BCUT2D eigenvalue weighted by atomic mass is 9.91. The Bertz CT molecular complexity index is 1420. The molecule has 0 saturated heterocycles. The Morgan fingerprint density at radius 1 is 1.06 bits per heavy atom. The molecule has 4 aromatic rings. The standard InChI is InChI=1S/C30H32N4S/c1-19-13-25(33-18-24(19)16-31)15-21-9-11-28-26(7-4-8-27(21)28)20-5-3-6-22(14-20)29-12-10-23(17-32-2)30(35)34-29/h3-8,10,12-14,18,21,32H,9,11,15-17,31H2,1-2H3,(H,34,35). The van der Waals surface area contributed by atoms with Gasteiger partial charge in [0.2, 0.25) is 0 Å². The SMILES string of the molecule is CNCc1ccc(-c2cccc(-c3cccc4c3CCC4Cc3cc(C)c(CN)cn3)c2)[nH]c1=S. The maximum atomic E-state index is 5.82. The smallest absolute Gasteiger partial charge is 0.108 e. The summed E-state index contributed by atoms with van der Waals surface area (Å²) in [6, 6.07) is 22.0. The zero-order valence-corrected chi connectivity index (χ0v) is 21.2. The number of hydrogen-bond acceptors (Lipinski definition) is 4. The lowest BCUT2D eigenvalue weighted by molar-refractivity contribution is 0.662. The van der Waals surface area contributed by atoms with E-state index in [1.807, 2.05) is 13.2 Å². The van der Waals surface area contributed by atoms with Crippen LogP contribution in [0.5, 0.6) is 0 Å². The lowest BCUT2D eigenvalue weighted by Crippen LogP contribution is -2.06. The Morgan fingerprint density at radius 2 is 1.89 bits per heavy atom. The van der Waals surface area contributed by atoms with Crippen molar-refractivity contribution in [2.45, 2.75) is 45.2 Å². The minimum Gasteiger partial charge on any atom is -0.346 e. The quantitative estimate of drug-likeness (QED) is 0.274. The number of benzene rings is 2. The summed E-state index contributed by atoms with van der Waals surface area (Å²) < 4.78 is 0.786. The molecule has 0 spiro atoms. The van der Waals surface area contributed by atoms with Crippen LogP contribution in [-0.2, 0) is 25.9 Å². The van der Waals surface area contributed by atoms with Gasteiger partial charge in [0, 0.05) is 36.2 Å². The maximum Gasteiger partial charge on any atom is 0.108 e. The van der Waals surface area contributed by atoms with Gasteiger partial charge in [0.25, 0.3) is 0 Å². The first-order chi connectivity index (χ1) is 17.1. The molecule has 4 nitrogen and oxygen atoms in total. The van der Waals surface area contributed by atoms with Crippen LogP contribution in [0, 0.1) is 11.6 Å². The largest absolute Gasteiger partial charge is 0.346 e. The molecule has 0 saturated carbocycles. The minimum atomic E-state index is 0.500. The molecule has 1 aliphatic rings. The molecule has 2 aromatic heterocycles. The van der Waals surface area contributed by atoms with E-state index in [1.54, 1.807) is 0 Å². The van der Waals surface area contributed by atoms with Crippen molar-refractivity contribution in [1.82, 2.24) is 15.3 Å². The van der Waals surface area contributed by atoms with Crippen LogP contribution in [0.1, 0.15) is 45.8 Å². The second kappa shape index (κ2) is 10.2. The molecular formula is C30H32N4S. The molecule has 0 amide bonds. The average Bonchev–Trinajstić information content (AvgIpc) is 3.28. The number of hydrogen-bond donors (Lipinski definition) is 3. The van der Waals surface area contributed by atoms with E-state index in [0.717, 1.165) is 58.5 Å². The number of H-pyrrole nitrogens is 1. The molecule has 0 fully saturated rings. The van der Waals surface area contributed by atoms with Crippen LogP contribution in [0.2, 0.25) is 0 Å². The van der Waals surface area contributed by atoms with Gasteiger partial charge in [-0.2, -0.15) is 0 Å². The molecule has 0 bridgehead atoms. The van der Waals surface area contributed by atoms with Crippen LogP contribution in [0.15, 0.2) is 66.9 Å². The number of nitrogens with zero attached hydrogens (tertiary/aromatic N) is 1. The second-order valence-electron chi connectivity index (χ2n) is 9.46. The number of aryl methyl sites for hydroxylation is 1. The van der Waals surface area contributed by atoms with Crippen molar-refractivity contribution in [3.05, 3.63) is 105 Å². The predicted octanol–water partition coefficient (Wildman–Crippen LogP) is 6.23. The van der Waals surface area contributed by atoms with Gasteiger partial charge >= 0.3 is 0 Å². The van der Waals surface area contributed by atoms with Crippen molar-refractivity contribution in [3.63, 3.8) is 0 Å². The fraction of sp³-hybridized carbons (Fsp3) is 0.267. The van der Waals surface area contributed by atoms with Gasteiger partial charge in [0.1, 0.15) is 4.64 Å². The van der Waals surface area contributed by atoms with E-state index in [9.17, 15) is 0 Å². The first-order valence-corrected chi connectivity index (χ1v) is 12.7. The van der Waals surface area contributed by atoms with Gasteiger partial charge in [-0.3, -0.25) is 4.98 Å². The Morgan fingerprint density at radius 3 is 2.66 bits per heavy atom. The van der Waals surface area contributed by atoms with Gasteiger partial charge < -0.3 is 16.0 Å². The highest BCUT2D eigenvalue weighted by Crippen LogP contribution is 2.41. The van der Waals surface area contributed by atoms with E-state index in [1.165, 1.54) is 27.8 Å². The van der Waals surface area contributed by atoms with Crippen molar-refractivity contribution < 1.29 is 0 Å². The van der Waals surface area contributed by atoms with Gasteiger partial charge in [-0.15, -0.1) is 0 Å². The van der Waals surface area contributed by atoms with E-state index < -0.39 is 0 Å². The van der Waals surface area contributed by atoms with E-state index in [0.29, 0.717) is 12.5 Å². The number of nitrogens with one attached hydrogen (secondary N) is 2. The molecule has 1 aliphatic carbocycles. The van der Waals surface area contributed by atoms with Gasteiger partial charge in [0.05, 0.1) is 0 Å². The lowest BCUT2D eigenvalue weighted by Gasteiger charge is -2.15. The number of fused-ring (bicyclic) bond motifs is 1. The molecule has 1 atom stereocenters. The molecule has 5 heteroatoms. The number of nitrogens with two attached hydrogens (primary N) is 1. The first-order valence-electron chi connectivity index (χ1n) is 12.3. The van der Waals surface area contributed by atoms with Gasteiger partial charge in [0.15, 0.2) is 0 Å². The van der Waals surface area contributed by atoms with Gasteiger partial charge in [-0.1, -0.05) is 54.7 Å². The van der Waals surface area contributed by atoms with Crippen molar-refractivity contribution in [1.29, 1.82) is 0 Å². The number of rotatable bonds is 7. The van der Waals surface area contributed by atoms with Crippen LogP contribution < -0.4 is 11.1 Å². The summed E-state index contributed by atoms with van der Waals surface area (Å²) in [5.41, 5.74) is 18.2. The normalized spacial score (nSPS) is 14.8. The summed E-state index contributed by atoms with van der Waals surface area (Å²) in [6.07, 6.45) is 5.17. The van der Waals surface area contributed by atoms with Crippen molar-refractivity contribution in [2.24, 2.45) is 5.73 Å². The topological polar surface area (TPSA) is 66.7 Å². The number of pyridine rings is 2. The highest BCUT2D eigenvalue weighted by Gasteiger charge is 2.25. The van der Waals surface area contributed by atoms with E-state index >= 15 is 0 Å². The van der Waals surface area contributed by atoms with E-state index in [4.69, 9.17) is 22.9 Å². The zero-order valence-electron chi connectivity index (χ0n) is 20.4. The zero-order chi connectivity index (χ0) is 24.4. The van der Waals surface area contributed by atoms with Crippen LogP contribution >= 0.6 is 12.2 Å². The third-order valence-corrected chi connectivity index (χ3v) is 7.55. The molecule has 178 valence electrons. The van der Waals surface area contributed by atoms with Crippen LogP contribution in [0.25, 0.3) is 22.4 Å². The third-order valence-electron chi connectivity index (χ3n) is 7.19. The molecule has 1 unspecified atom stereocenters. The van der Waals surface area contributed by atoms with Crippen LogP contribution in [-0.4, -0.2) is 17.0 Å². The molecule has 4 N–H and O–H groups in total. The fourth-order valence-corrected chi connectivity index (χ4v) is 5.55. The molecule has 5 rings (SSSR count). The first kappa shape index (κ1) is 23.6. The molecule has 35 heavy (non-hydrogen) atoms. The summed E-state index contributed by atoms with van der Waals surface area (Å²) in [4.78, 5) is 8.12. The van der Waals surface area contributed by atoms with Crippen LogP contribution in [0.3, 0.4) is 0 Å². The Labute approximate surface area is 212 Å². The van der Waals surface area contributed by atoms with Gasteiger partial charge in [-0.05, 0) is 96.3 Å². The monoisotopic (exact) mass is 480 g/mol. The molecule has 2 aromatic carbocycles. The summed E-state index contributed by atoms with van der Waals surface area (Å²) in [7, 11) is 1.93. The van der Waals surface area contributed by atoms with Crippen molar-refractivity contribution in [3.8, 4) is 22.4 Å². The second-order valence-corrected chi connectivity index (χ2v) is 9.87. The third kappa shape index (κ3) is 4.85. The Balaban J connectivity index is 1.44.